The second-order valence-electron chi connectivity index (χ2n) is 8.24. The standard InChI is InChI=1S/C26H34N2O4/c1-21-11-13-23(14-12-21)31-19-5-9-25(29)27-15-17-28(18-16-27)26(30)10-6-20-32-24-8-4-3-7-22(24)2/h3-4,7-8,11-14H,5-6,9-10,15-20H2,1-2H3. The number of aryl methyl sites for hydroxylation is 2. The summed E-state index contributed by atoms with van der Waals surface area (Å²) in [5, 5.41) is 0. The first kappa shape index (κ1) is 23.6. The van der Waals surface area contributed by atoms with Crippen molar-refractivity contribution in [2.45, 2.75) is 39.5 Å². The van der Waals surface area contributed by atoms with Crippen molar-refractivity contribution in [3.8, 4) is 11.5 Å². The van der Waals surface area contributed by atoms with Gasteiger partial charge >= 0.3 is 0 Å². The predicted molar refractivity (Wildman–Crippen MR) is 125 cm³/mol. The Kier molecular flexibility index (Phi) is 8.96. The molecule has 0 N–H and O–H groups in total. The van der Waals surface area contributed by atoms with Crippen molar-refractivity contribution in [1.82, 2.24) is 9.80 Å². The average molecular weight is 439 g/mol. The molecule has 0 spiro atoms. The van der Waals surface area contributed by atoms with E-state index >= 15 is 0 Å². The van der Waals surface area contributed by atoms with Gasteiger partial charge in [0.25, 0.3) is 0 Å². The van der Waals surface area contributed by atoms with Crippen LogP contribution in [0.3, 0.4) is 0 Å². The van der Waals surface area contributed by atoms with Gasteiger partial charge in [0.1, 0.15) is 11.5 Å². The molecule has 1 aliphatic rings. The van der Waals surface area contributed by atoms with Gasteiger partial charge in [-0.05, 0) is 50.5 Å². The summed E-state index contributed by atoms with van der Waals surface area (Å²) in [6.45, 7) is 7.51. The van der Waals surface area contributed by atoms with Crippen LogP contribution in [-0.2, 0) is 9.59 Å². The maximum atomic E-state index is 12.5. The summed E-state index contributed by atoms with van der Waals surface area (Å²) in [5.74, 6) is 1.98. The number of hydrogen-bond donors (Lipinski definition) is 0. The van der Waals surface area contributed by atoms with Crippen molar-refractivity contribution in [1.29, 1.82) is 0 Å². The van der Waals surface area contributed by atoms with E-state index in [1.165, 1.54) is 5.56 Å². The van der Waals surface area contributed by atoms with Crippen LogP contribution in [0.25, 0.3) is 0 Å². The highest BCUT2D eigenvalue weighted by Gasteiger charge is 2.23. The summed E-state index contributed by atoms with van der Waals surface area (Å²) in [5.41, 5.74) is 2.29. The minimum absolute atomic E-state index is 0.135. The summed E-state index contributed by atoms with van der Waals surface area (Å²) in [4.78, 5) is 28.6. The number of amides is 2. The van der Waals surface area contributed by atoms with Gasteiger partial charge in [0.05, 0.1) is 13.2 Å². The molecule has 3 rings (SSSR count). The summed E-state index contributed by atoms with van der Waals surface area (Å²) in [6.07, 6.45) is 2.31. The smallest absolute Gasteiger partial charge is 0.222 e. The summed E-state index contributed by atoms with van der Waals surface area (Å²) < 4.78 is 11.5. The first-order valence-electron chi connectivity index (χ1n) is 11.5. The van der Waals surface area contributed by atoms with Crippen molar-refractivity contribution >= 4 is 11.8 Å². The Morgan fingerprint density at radius 2 is 1.28 bits per heavy atom. The molecule has 0 aromatic heterocycles. The largest absolute Gasteiger partial charge is 0.494 e. The van der Waals surface area contributed by atoms with Gasteiger partial charge in [-0.1, -0.05) is 35.9 Å². The fraction of sp³-hybridized carbons (Fsp3) is 0.462. The lowest BCUT2D eigenvalue weighted by Gasteiger charge is -2.35. The predicted octanol–water partition coefficient (Wildman–Crippen LogP) is 3.99. The van der Waals surface area contributed by atoms with Gasteiger partial charge in [0, 0.05) is 39.0 Å². The van der Waals surface area contributed by atoms with E-state index in [0.717, 1.165) is 17.1 Å². The number of hydrogen-bond acceptors (Lipinski definition) is 4. The van der Waals surface area contributed by atoms with Crippen molar-refractivity contribution in [3.63, 3.8) is 0 Å². The van der Waals surface area contributed by atoms with Gasteiger partial charge < -0.3 is 19.3 Å². The fourth-order valence-corrected chi connectivity index (χ4v) is 3.69. The summed E-state index contributed by atoms with van der Waals surface area (Å²) in [6, 6.07) is 15.8. The number of carbonyl (C=O) groups excluding carboxylic acids is 2. The van der Waals surface area contributed by atoms with Crippen molar-refractivity contribution < 1.29 is 19.1 Å². The third-order valence-electron chi connectivity index (χ3n) is 5.70. The van der Waals surface area contributed by atoms with Crippen LogP contribution in [0.4, 0.5) is 0 Å². The van der Waals surface area contributed by atoms with Gasteiger partial charge in [-0.25, -0.2) is 0 Å². The molecule has 32 heavy (non-hydrogen) atoms. The van der Waals surface area contributed by atoms with Crippen LogP contribution >= 0.6 is 0 Å². The highest BCUT2D eigenvalue weighted by molar-refractivity contribution is 5.78. The average Bonchev–Trinajstić information content (AvgIpc) is 2.81. The number of para-hydroxylation sites is 1. The van der Waals surface area contributed by atoms with Gasteiger partial charge in [0.15, 0.2) is 0 Å². The van der Waals surface area contributed by atoms with E-state index < -0.39 is 0 Å². The van der Waals surface area contributed by atoms with Crippen LogP contribution in [0, 0.1) is 13.8 Å². The molecule has 6 heteroatoms. The lowest BCUT2D eigenvalue weighted by atomic mass is 10.2. The molecule has 1 saturated heterocycles. The van der Waals surface area contributed by atoms with E-state index in [2.05, 4.69) is 0 Å². The molecule has 1 fully saturated rings. The summed E-state index contributed by atoms with van der Waals surface area (Å²) in [7, 11) is 0. The lowest BCUT2D eigenvalue weighted by molar-refractivity contribution is -0.139. The van der Waals surface area contributed by atoms with E-state index in [1.54, 1.807) is 0 Å². The van der Waals surface area contributed by atoms with E-state index in [1.807, 2.05) is 72.2 Å². The minimum Gasteiger partial charge on any atom is -0.494 e. The van der Waals surface area contributed by atoms with E-state index in [-0.39, 0.29) is 11.8 Å². The maximum Gasteiger partial charge on any atom is 0.222 e. The molecule has 0 saturated carbocycles. The van der Waals surface area contributed by atoms with E-state index in [9.17, 15) is 9.59 Å². The van der Waals surface area contributed by atoms with Gasteiger partial charge in [-0.2, -0.15) is 0 Å². The number of piperazine rings is 1. The fourth-order valence-electron chi connectivity index (χ4n) is 3.69. The Bertz CT molecular complexity index is 874. The highest BCUT2D eigenvalue weighted by atomic mass is 16.5. The summed E-state index contributed by atoms with van der Waals surface area (Å²) >= 11 is 0. The molecule has 0 radical (unpaired) electrons. The van der Waals surface area contributed by atoms with Crippen molar-refractivity contribution in [2.75, 3.05) is 39.4 Å². The molecular formula is C26H34N2O4. The van der Waals surface area contributed by atoms with Crippen LogP contribution in [0.5, 0.6) is 11.5 Å². The first-order valence-corrected chi connectivity index (χ1v) is 11.5. The molecule has 2 aromatic carbocycles. The molecule has 172 valence electrons. The number of ether oxygens (including phenoxy) is 2. The van der Waals surface area contributed by atoms with Crippen LogP contribution in [0.15, 0.2) is 48.5 Å². The van der Waals surface area contributed by atoms with Crippen LogP contribution in [0.2, 0.25) is 0 Å². The Morgan fingerprint density at radius 1 is 0.750 bits per heavy atom. The number of rotatable bonds is 10. The second-order valence-corrected chi connectivity index (χ2v) is 8.24. The molecule has 0 bridgehead atoms. The topological polar surface area (TPSA) is 59.1 Å². The van der Waals surface area contributed by atoms with E-state index in [0.29, 0.717) is 65.1 Å². The molecule has 6 nitrogen and oxygen atoms in total. The first-order chi connectivity index (χ1) is 15.5. The molecular weight excluding hydrogens is 404 g/mol. The quantitative estimate of drug-likeness (QED) is 0.526. The molecule has 0 unspecified atom stereocenters. The van der Waals surface area contributed by atoms with Crippen molar-refractivity contribution in [2.24, 2.45) is 0 Å². The minimum atomic E-state index is 0.135. The third-order valence-corrected chi connectivity index (χ3v) is 5.70. The number of benzene rings is 2. The zero-order chi connectivity index (χ0) is 22.8. The van der Waals surface area contributed by atoms with Gasteiger partial charge in [-0.15, -0.1) is 0 Å². The Morgan fingerprint density at radius 3 is 1.84 bits per heavy atom. The zero-order valence-corrected chi connectivity index (χ0v) is 19.2. The van der Waals surface area contributed by atoms with Gasteiger partial charge in [-0.3, -0.25) is 9.59 Å². The monoisotopic (exact) mass is 438 g/mol. The molecule has 2 aromatic rings. The third kappa shape index (κ3) is 7.29. The number of carbonyl (C=O) groups is 2. The van der Waals surface area contributed by atoms with Crippen LogP contribution in [0.1, 0.15) is 36.8 Å². The molecule has 1 heterocycles. The van der Waals surface area contributed by atoms with Crippen LogP contribution in [-0.4, -0.2) is 61.0 Å². The Balaban J connectivity index is 1.27. The highest BCUT2D eigenvalue weighted by Crippen LogP contribution is 2.17. The second kappa shape index (κ2) is 12.1. The molecule has 0 aliphatic carbocycles. The number of nitrogens with zero attached hydrogens (tertiary/aromatic N) is 2. The Labute approximate surface area is 191 Å². The zero-order valence-electron chi connectivity index (χ0n) is 19.2. The maximum absolute atomic E-state index is 12.5. The molecule has 0 atom stereocenters. The molecule has 2 amide bonds. The van der Waals surface area contributed by atoms with Crippen LogP contribution < -0.4 is 9.47 Å². The molecule has 1 aliphatic heterocycles. The normalized spacial score (nSPS) is 13.7. The lowest BCUT2D eigenvalue weighted by Crippen LogP contribution is -2.50. The SMILES string of the molecule is Cc1ccc(OCCCC(=O)N2CCN(C(=O)CCCOc3ccccc3C)CC2)cc1. The van der Waals surface area contributed by atoms with E-state index in [4.69, 9.17) is 9.47 Å². The van der Waals surface area contributed by atoms with Crippen molar-refractivity contribution in [3.05, 3.63) is 59.7 Å². The Hall–Kier alpha value is -3.02. The van der Waals surface area contributed by atoms with Gasteiger partial charge in [0.2, 0.25) is 11.8 Å².